The molecule has 3 aromatic heterocycles. The minimum atomic E-state index is -0.425. The molecule has 0 unspecified atom stereocenters. The number of thioether (sulfide) groups is 1. The number of rotatable bonds is 6. The smallest absolute Gasteiger partial charge is 0.348 e. The number of carbonyl (C=O) groups is 1. The van der Waals surface area contributed by atoms with Gasteiger partial charge in [-0.25, -0.2) is 9.78 Å². The maximum Gasteiger partial charge on any atom is 0.348 e. The first kappa shape index (κ1) is 19.6. The molecule has 1 atom stereocenters. The van der Waals surface area contributed by atoms with Crippen LogP contribution in [0.4, 0.5) is 0 Å². The molecule has 10 heteroatoms. The summed E-state index contributed by atoms with van der Waals surface area (Å²) in [7, 11) is 0. The van der Waals surface area contributed by atoms with Gasteiger partial charge in [0.25, 0.3) is 5.56 Å². The average Bonchev–Trinajstić information content (AvgIpc) is 3.19. The Kier molecular flexibility index (Phi) is 5.66. The van der Waals surface area contributed by atoms with E-state index in [1.807, 2.05) is 11.5 Å². The van der Waals surface area contributed by atoms with Crippen LogP contribution in [0.2, 0.25) is 0 Å². The number of hydrogen-bond acceptors (Lipinski definition) is 8. The van der Waals surface area contributed by atoms with E-state index in [0.29, 0.717) is 26.5 Å². The third-order valence-corrected chi connectivity index (χ3v) is 6.29. The summed E-state index contributed by atoms with van der Waals surface area (Å²) in [5, 5.41) is 9.16. The second-order valence-electron chi connectivity index (χ2n) is 6.28. The number of carbonyl (C=O) groups excluding carboxylic acids is 1. The predicted octanol–water partition coefficient (Wildman–Crippen LogP) is 3.50. The van der Waals surface area contributed by atoms with E-state index in [9.17, 15) is 9.59 Å². The molecule has 0 spiro atoms. The van der Waals surface area contributed by atoms with Gasteiger partial charge in [0, 0.05) is 6.04 Å². The second kappa shape index (κ2) is 7.81. The monoisotopic (exact) mass is 407 g/mol. The summed E-state index contributed by atoms with van der Waals surface area (Å²) in [6, 6.07) is 0.233. The van der Waals surface area contributed by atoms with Crippen molar-refractivity contribution in [2.24, 2.45) is 0 Å². The van der Waals surface area contributed by atoms with Gasteiger partial charge in [-0.2, -0.15) is 0 Å². The van der Waals surface area contributed by atoms with Gasteiger partial charge in [0.1, 0.15) is 21.9 Å². The van der Waals surface area contributed by atoms with Crippen LogP contribution >= 0.6 is 23.1 Å². The number of nitrogens with zero attached hydrogens (tertiary/aromatic N) is 4. The number of nitrogens with one attached hydrogen (secondary N) is 1. The molecule has 0 radical (unpaired) electrons. The Bertz CT molecular complexity index is 1040. The minimum absolute atomic E-state index is 0.141. The minimum Gasteiger partial charge on any atom is -0.462 e. The Morgan fingerprint density at radius 3 is 2.81 bits per heavy atom. The van der Waals surface area contributed by atoms with Gasteiger partial charge in [0.15, 0.2) is 5.16 Å². The molecule has 8 nitrogen and oxygen atoms in total. The fourth-order valence-corrected chi connectivity index (χ4v) is 4.72. The molecule has 3 aromatic rings. The quantitative estimate of drug-likeness (QED) is 0.493. The number of fused-ring (bicyclic) bond motifs is 1. The molecule has 0 aromatic carbocycles. The van der Waals surface area contributed by atoms with Crippen molar-refractivity contribution in [1.82, 2.24) is 24.7 Å². The first-order valence-corrected chi connectivity index (χ1v) is 10.3. The number of thiophene rings is 1. The van der Waals surface area contributed by atoms with E-state index in [1.54, 1.807) is 20.2 Å². The zero-order chi connectivity index (χ0) is 19.7. The van der Waals surface area contributed by atoms with Gasteiger partial charge in [-0.15, -0.1) is 21.5 Å². The van der Waals surface area contributed by atoms with Gasteiger partial charge in [-0.3, -0.25) is 4.79 Å². The molecule has 27 heavy (non-hydrogen) atoms. The highest BCUT2D eigenvalue weighted by Crippen LogP contribution is 2.34. The largest absolute Gasteiger partial charge is 0.462 e. The Balaban J connectivity index is 1.97. The number of ether oxygens (including phenoxy) is 1. The van der Waals surface area contributed by atoms with Gasteiger partial charge in [0.2, 0.25) is 0 Å². The molecule has 0 aliphatic rings. The summed E-state index contributed by atoms with van der Waals surface area (Å²) >= 11 is 2.66. The zero-order valence-electron chi connectivity index (χ0n) is 15.8. The van der Waals surface area contributed by atoms with Gasteiger partial charge >= 0.3 is 5.97 Å². The maximum absolute atomic E-state index is 12.6. The van der Waals surface area contributed by atoms with Crippen LogP contribution in [0.25, 0.3) is 10.2 Å². The Morgan fingerprint density at radius 1 is 1.41 bits per heavy atom. The van der Waals surface area contributed by atoms with Crippen molar-refractivity contribution in [1.29, 1.82) is 0 Å². The number of aromatic amines is 1. The van der Waals surface area contributed by atoms with Crippen LogP contribution in [0.15, 0.2) is 16.3 Å². The first-order valence-electron chi connectivity index (χ1n) is 8.60. The lowest BCUT2D eigenvalue weighted by molar-refractivity contribution is 0.0531. The molecule has 0 amide bonds. The molecule has 3 rings (SSSR count). The highest BCUT2D eigenvalue weighted by Gasteiger charge is 2.22. The molecule has 0 saturated carbocycles. The Hall–Kier alpha value is -2.20. The molecule has 0 aliphatic heterocycles. The molecule has 3 heterocycles. The first-order chi connectivity index (χ1) is 12.8. The van der Waals surface area contributed by atoms with E-state index in [2.05, 4.69) is 34.0 Å². The SMILES string of the molecule is CCOC(=O)c1sc2nc([C@@H](C)Sc3nncn3C(C)C)[nH]c(=O)c2c1C. The van der Waals surface area contributed by atoms with Crippen LogP contribution in [0.3, 0.4) is 0 Å². The zero-order valence-corrected chi connectivity index (χ0v) is 17.4. The molecule has 1 N–H and O–H groups in total. The van der Waals surface area contributed by atoms with Crippen molar-refractivity contribution in [3.05, 3.63) is 32.9 Å². The van der Waals surface area contributed by atoms with Crippen molar-refractivity contribution in [2.45, 2.75) is 51.1 Å². The van der Waals surface area contributed by atoms with E-state index in [0.717, 1.165) is 5.16 Å². The van der Waals surface area contributed by atoms with Gasteiger partial charge in [-0.05, 0) is 40.2 Å². The van der Waals surface area contributed by atoms with Crippen molar-refractivity contribution in [3.63, 3.8) is 0 Å². The summed E-state index contributed by atoms with van der Waals surface area (Å²) in [5.74, 6) is 0.110. The number of hydrogen-bond donors (Lipinski definition) is 1. The highest BCUT2D eigenvalue weighted by molar-refractivity contribution is 7.99. The predicted molar refractivity (Wildman–Crippen MR) is 106 cm³/mol. The standard InChI is InChI=1S/C17H21N5O3S2/c1-6-25-16(24)12-9(4)11-14(23)19-13(20-15(11)27-12)10(5)26-17-21-18-7-22(17)8(2)3/h7-8,10H,6H2,1-5H3,(H,19,20,23)/t10-/m1/s1. The third kappa shape index (κ3) is 3.77. The lowest BCUT2D eigenvalue weighted by Crippen LogP contribution is -2.13. The van der Waals surface area contributed by atoms with Crippen LogP contribution in [0.1, 0.15) is 60.0 Å². The van der Waals surface area contributed by atoms with Crippen LogP contribution in [0, 0.1) is 6.92 Å². The molecule has 0 saturated heterocycles. The van der Waals surface area contributed by atoms with Gasteiger partial charge in [0.05, 0.1) is 17.2 Å². The lowest BCUT2D eigenvalue weighted by atomic mass is 10.2. The summed E-state index contributed by atoms with van der Waals surface area (Å²) in [6.07, 6.45) is 1.69. The van der Waals surface area contributed by atoms with Crippen LogP contribution in [-0.4, -0.2) is 37.3 Å². The van der Waals surface area contributed by atoms with Gasteiger partial charge < -0.3 is 14.3 Å². The Labute approximate surface area is 164 Å². The third-order valence-electron chi connectivity index (χ3n) is 4.04. The molecule has 0 fully saturated rings. The molecular formula is C17H21N5O3S2. The van der Waals surface area contributed by atoms with Crippen LogP contribution in [-0.2, 0) is 4.74 Å². The molecular weight excluding hydrogens is 386 g/mol. The summed E-state index contributed by atoms with van der Waals surface area (Å²) in [4.78, 5) is 33.1. The maximum atomic E-state index is 12.6. The van der Waals surface area contributed by atoms with Crippen LogP contribution < -0.4 is 5.56 Å². The van der Waals surface area contributed by atoms with Crippen molar-refractivity contribution >= 4 is 39.3 Å². The van der Waals surface area contributed by atoms with E-state index >= 15 is 0 Å². The average molecular weight is 408 g/mol. The summed E-state index contributed by atoms with van der Waals surface area (Å²) in [6.45, 7) is 9.82. The van der Waals surface area contributed by atoms with E-state index in [4.69, 9.17) is 4.74 Å². The fourth-order valence-electron chi connectivity index (χ4n) is 2.63. The lowest BCUT2D eigenvalue weighted by Gasteiger charge is -2.13. The molecule has 144 valence electrons. The number of aryl methyl sites for hydroxylation is 1. The van der Waals surface area contributed by atoms with E-state index < -0.39 is 5.97 Å². The molecule has 0 bridgehead atoms. The fraction of sp³-hybridized carbons (Fsp3) is 0.471. The number of esters is 1. The second-order valence-corrected chi connectivity index (χ2v) is 8.59. The number of H-pyrrole nitrogens is 1. The Morgan fingerprint density at radius 2 is 2.15 bits per heavy atom. The van der Waals surface area contributed by atoms with Crippen molar-refractivity contribution < 1.29 is 9.53 Å². The highest BCUT2D eigenvalue weighted by atomic mass is 32.2. The van der Waals surface area contributed by atoms with Crippen molar-refractivity contribution in [3.8, 4) is 0 Å². The van der Waals surface area contributed by atoms with Crippen LogP contribution in [0.5, 0.6) is 0 Å². The van der Waals surface area contributed by atoms with Crippen molar-refractivity contribution in [2.75, 3.05) is 6.61 Å². The summed E-state index contributed by atoms with van der Waals surface area (Å²) < 4.78 is 7.04. The number of aromatic nitrogens is 5. The summed E-state index contributed by atoms with van der Waals surface area (Å²) in [5.41, 5.74) is 0.352. The molecule has 0 aliphatic carbocycles. The topological polar surface area (TPSA) is 103 Å². The van der Waals surface area contributed by atoms with E-state index in [1.165, 1.54) is 23.1 Å². The normalized spacial score (nSPS) is 12.7. The van der Waals surface area contributed by atoms with Gasteiger partial charge in [-0.1, -0.05) is 11.8 Å². The van der Waals surface area contributed by atoms with E-state index in [-0.39, 0.29) is 23.5 Å².